The van der Waals surface area contributed by atoms with Gasteiger partial charge >= 0.3 is 5.97 Å². The molecule has 39 heavy (non-hydrogen) atoms. The second-order valence-electron chi connectivity index (χ2n) is 8.42. The number of halogens is 1. The maximum Gasteiger partial charge on any atom is 0.343 e. The van der Waals surface area contributed by atoms with Crippen LogP contribution in [0.2, 0.25) is 5.02 Å². The van der Waals surface area contributed by atoms with Crippen molar-refractivity contribution in [3.8, 4) is 5.75 Å². The molecule has 0 spiro atoms. The van der Waals surface area contributed by atoms with E-state index in [2.05, 4.69) is 10.5 Å². The molecule has 4 aromatic rings. The fourth-order valence-corrected chi connectivity index (χ4v) is 5.09. The van der Waals surface area contributed by atoms with Crippen molar-refractivity contribution in [2.45, 2.75) is 11.8 Å². The van der Waals surface area contributed by atoms with E-state index < -0.39 is 28.4 Å². The lowest BCUT2D eigenvalue weighted by molar-refractivity contribution is -0.119. The van der Waals surface area contributed by atoms with Crippen molar-refractivity contribution >= 4 is 45.4 Å². The van der Waals surface area contributed by atoms with Crippen molar-refractivity contribution in [1.82, 2.24) is 5.43 Å². The number of nitrogens with one attached hydrogen (secondary N) is 1. The lowest BCUT2D eigenvalue weighted by Gasteiger charge is -2.24. The molecule has 0 fully saturated rings. The lowest BCUT2D eigenvalue weighted by Crippen LogP contribution is -2.39. The minimum atomic E-state index is -4.07. The maximum atomic E-state index is 13.4. The molecule has 0 aliphatic heterocycles. The summed E-state index contributed by atoms with van der Waals surface area (Å²) < 4.78 is 33.1. The summed E-state index contributed by atoms with van der Waals surface area (Å²) in [5.41, 5.74) is 4.54. The average molecular weight is 562 g/mol. The standard InChI is InChI=1S/C29H24ClN3O5S/c1-21-10-16-27(17-11-21)39(36,37)33(25-9-5-8-24(30)18-25)20-28(34)32-31-19-22-12-14-26(15-13-22)38-29(35)23-6-3-2-4-7-23/h2-19H,20H2,1H3,(H,32,34)/b31-19-. The molecule has 0 atom stereocenters. The fraction of sp³-hybridized carbons (Fsp3) is 0.0690. The minimum absolute atomic E-state index is 0.0393. The number of ether oxygens (including phenoxy) is 1. The number of amides is 1. The van der Waals surface area contributed by atoms with E-state index in [0.717, 1.165) is 9.87 Å². The van der Waals surface area contributed by atoms with Gasteiger partial charge in [-0.2, -0.15) is 5.10 Å². The Kier molecular flexibility index (Phi) is 8.75. The third kappa shape index (κ3) is 7.31. The molecule has 4 aromatic carbocycles. The first-order valence-electron chi connectivity index (χ1n) is 11.8. The molecule has 0 aliphatic carbocycles. The van der Waals surface area contributed by atoms with Gasteiger partial charge in [-0.15, -0.1) is 0 Å². The molecule has 198 valence electrons. The Hall–Kier alpha value is -4.47. The van der Waals surface area contributed by atoms with Crippen LogP contribution in [0.1, 0.15) is 21.5 Å². The van der Waals surface area contributed by atoms with E-state index in [1.165, 1.54) is 24.4 Å². The van der Waals surface area contributed by atoms with Crippen molar-refractivity contribution in [2.75, 3.05) is 10.8 Å². The molecule has 0 heterocycles. The fourth-order valence-electron chi connectivity index (χ4n) is 3.49. The van der Waals surface area contributed by atoms with E-state index in [0.29, 0.717) is 21.9 Å². The summed E-state index contributed by atoms with van der Waals surface area (Å²) in [5.74, 6) is -0.784. The number of benzene rings is 4. The maximum absolute atomic E-state index is 13.4. The van der Waals surface area contributed by atoms with Crippen LogP contribution in [0.5, 0.6) is 5.75 Å². The van der Waals surface area contributed by atoms with E-state index in [1.54, 1.807) is 78.9 Å². The summed E-state index contributed by atoms with van der Waals surface area (Å²) in [5, 5.41) is 4.26. The van der Waals surface area contributed by atoms with Gasteiger partial charge in [-0.1, -0.05) is 53.6 Å². The van der Waals surface area contributed by atoms with Gasteiger partial charge in [-0.25, -0.2) is 18.6 Å². The second kappa shape index (κ2) is 12.4. The highest BCUT2D eigenvalue weighted by atomic mass is 35.5. The van der Waals surface area contributed by atoms with Gasteiger partial charge in [0.05, 0.1) is 22.4 Å². The van der Waals surface area contributed by atoms with Gasteiger partial charge in [0.1, 0.15) is 12.3 Å². The predicted molar refractivity (Wildman–Crippen MR) is 151 cm³/mol. The summed E-state index contributed by atoms with van der Waals surface area (Å²) in [6.07, 6.45) is 1.39. The largest absolute Gasteiger partial charge is 0.423 e. The zero-order chi connectivity index (χ0) is 27.8. The van der Waals surface area contributed by atoms with E-state index in [4.69, 9.17) is 16.3 Å². The highest BCUT2D eigenvalue weighted by Gasteiger charge is 2.27. The Balaban J connectivity index is 1.43. The number of nitrogens with zero attached hydrogens (tertiary/aromatic N) is 2. The van der Waals surface area contributed by atoms with E-state index >= 15 is 0 Å². The van der Waals surface area contributed by atoms with E-state index in [9.17, 15) is 18.0 Å². The Labute approximate surface area is 231 Å². The number of rotatable bonds is 9. The topological polar surface area (TPSA) is 105 Å². The van der Waals surface area contributed by atoms with Crippen molar-refractivity contribution < 1.29 is 22.7 Å². The van der Waals surface area contributed by atoms with Gasteiger partial charge in [0.25, 0.3) is 15.9 Å². The third-order valence-corrected chi connectivity index (χ3v) is 7.52. The summed E-state index contributed by atoms with van der Waals surface area (Å²) in [6.45, 7) is 1.32. The molecule has 10 heteroatoms. The second-order valence-corrected chi connectivity index (χ2v) is 10.7. The predicted octanol–water partition coefficient (Wildman–Crippen LogP) is 5.21. The molecule has 0 saturated carbocycles. The number of aryl methyl sites for hydroxylation is 1. The number of hydrogen-bond donors (Lipinski definition) is 1. The third-order valence-electron chi connectivity index (χ3n) is 5.50. The molecule has 1 amide bonds. The van der Waals surface area contributed by atoms with Crippen LogP contribution in [0.4, 0.5) is 5.69 Å². The Bertz CT molecular complexity index is 1590. The Morgan fingerprint density at radius 2 is 1.62 bits per heavy atom. The van der Waals surface area contributed by atoms with Gasteiger partial charge < -0.3 is 4.74 Å². The van der Waals surface area contributed by atoms with Crippen LogP contribution in [0.3, 0.4) is 0 Å². The van der Waals surface area contributed by atoms with Gasteiger partial charge in [0.15, 0.2) is 0 Å². The molecule has 0 aromatic heterocycles. The lowest BCUT2D eigenvalue weighted by atomic mass is 10.2. The quantitative estimate of drug-likeness (QED) is 0.131. The van der Waals surface area contributed by atoms with Crippen molar-refractivity contribution in [3.63, 3.8) is 0 Å². The van der Waals surface area contributed by atoms with Gasteiger partial charge in [-0.3, -0.25) is 9.10 Å². The van der Waals surface area contributed by atoms with Gasteiger partial charge in [0, 0.05) is 5.02 Å². The zero-order valence-corrected chi connectivity index (χ0v) is 22.4. The molecular formula is C29H24ClN3O5S. The number of hydrogen-bond acceptors (Lipinski definition) is 6. The molecule has 0 aliphatic rings. The van der Waals surface area contributed by atoms with Gasteiger partial charge in [0.2, 0.25) is 0 Å². The summed E-state index contributed by atoms with van der Waals surface area (Å²) in [7, 11) is -4.07. The molecule has 0 unspecified atom stereocenters. The zero-order valence-electron chi connectivity index (χ0n) is 20.8. The smallest absolute Gasteiger partial charge is 0.343 e. The number of sulfonamides is 1. The highest BCUT2D eigenvalue weighted by molar-refractivity contribution is 7.92. The molecular weight excluding hydrogens is 538 g/mol. The minimum Gasteiger partial charge on any atom is -0.423 e. The molecule has 0 bridgehead atoms. The van der Waals surface area contributed by atoms with Crippen molar-refractivity contribution in [3.05, 3.63) is 125 Å². The summed E-state index contributed by atoms with van der Waals surface area (Å²) in [4.78, 5) is 24.9. The van der Waals surface area contributed by atoms with Crippen LogP contribution in [-0.2, 0) is 14.8 Å². The van der Waals surface area contributed by atoms with Crippen LogP contribution < -0.4 is 14.5 Å². The molecule has 8 nitrogen and oxygen atoms in total. The first-order chi connectivity index (χ1) is 18.7. The van der Waals surface area contributed by atoms with Crippen LogP contribution in [0.25, 0.3) is 0 Å². The number of carbonyl (C=O) groups excluding carboxylic acids is 2. The normalized spacial score (nSPS) is 11.2. The van der Waals surface area contributed by atoms with Crippen molar-refractivity contribution in [2.24, 2.45) is 5.10 Å². The van der Waals surface area contributed by atoms with E-state index in [1.807, 2.05) is 13.0 Å². The van der Waals surface area contributed by atoms with Crippen LogP contribution >= 0.6 is 11.6 Å². The van der Waals surface area contributed by atoms with E-state index in [-0.39, 0.29) is 10.6 Å². The Morgan fingerprint density at radius 3 is 2.28 bits per heavy atom. The highest BCUT2D eigenvalue weighted by Crippen LogP contribution is 2.26. The van der Waals surface area contributed by atoms with Crippen LogP contribution in [0.15, 0.2) is 113 Å². The number of hydrazone groups is 1. The average Bonchev–Trinajstić information content (AvgIpc) is 2.93. The summed E-state index contributed by atoms with van der Waals surface area (Å²) in [6, 6.07) is 27.7. The molecule has 0 saturated heterocycles. The number of carbonyl (C=O) groups is 2. The monoisotopic (exact) mass is 561 g/mol. The molecule has 1 N–H and O–H groups in total. The first kappa shape index (κ1) is 27.6. The van der Waals surface area contributed by atoms with Crippen LogP contribution in [0, 0.1) is 6.92 Å². The SMILES string of the molecule is Cc1ccc(S(=O)(=O)N(CC(=O)N/N=C\c2ccc(OC(=O)c3ccccc3)cc2)c2cccc(Cl)c2)cc1. The molecule has 0 radical (unpaired) electrons. The first-order valence-corrected chi connectivity index (χ1v) is 13.6. The molecule has 4 rings (SSSR count). The van der Waals surface area contributed by atoms with Crippen molar-refractivity contribution in [1.29, 1.82) is 0 Å². The Morgan fingerprint density at radius 1 is 0.923 bits per heavy atom. The van der Waals surface area contributed by atoms with Crippen LogP contribution in [-0.4, -0.2) is 33.1 Å². The summed E-state index contributed by atoms with van der Waals surface area (Å²) >= 11 is 6.09. The van der Waals surface area contributed by atoms with Gasteiger partial charge in [-0.05, 0) is 79.2 Å². The number of anilines is 1. The number of esters is 1.